The van der Waals surface area contributed by atoms with Crippen LogP contribution in [-0.4, -0.2) is 25.9 Å². The zero-order valence-corrected chi connectivity index (χ0v) is 12.8. The van der Waals surface area contributed by atoms with Crippen molar-refractivity contribution < 1.29 is 13.3 Å². The predicted octanol–water partition coefficient (Wildman–Crippen LogP) is 1.53. The zero-order chi connectivity index (χ0) is 15.9. The highest BCUT2D eigenvalue weighted by molar-refractivity contribution is 7.88. The molecule has 1 atom stereocenters. The molecular weight excluding hydrogens is 294 g/mol. The number of nitrogens with two attached hydrogens (primary N) is 1. The maximum atomic E-state index is 12.1. The number of nitro groups is 1. The van der Waals surface area contributed by atoms with Gasteiger partial charge in [-0.2, -0.15) is 0 Å². The van der Waals surface area contributed by atoms with Gasteiger partial charge in [-0.05, 0) is 6.42 Å². The van der Waals surface area contributed by atoms with Crippen LogP contribution < -0.4 is 10.5 Å². The van der Waals surface area contributed by atoms with Gasteiger partial charge < -0.3 is 5.73 Å². The topological polar surface area (TPSA) is 115 Å². The third-order valence-corrected chi connectivity index (χ3v) is 4.45. The van der Waals surface area contributed by atoms with Crippen molar-refractivity contribution in [3.63, 3.8) is 0 Å². The molecule has 0 spiro atoms. The van der Waals surface area contributed by atoms with Crippen molar-refractivity contribution >= 4 is 15.7 Å². The summed E-state index contributed by atoms with van der Waals surface area (Å²) < 4.78 is 26.8. The number of unbranched alkanes of at least 4 members (excludes halogenated alkanes) is 1. The van der Waals surface area contributed by atoms with Crippen LogP contribution in [0.15, 0.2) is 24.3 Å². The highest BCUT2D eigenvalue weighted by Gasteiger charge is 2.22. The van der Waals surface area contributed by atoms with E-state index >= 15 is 0 Å². The Morgan fingerprint density at radius 1 is 1.38 bits per heavy atom. The molecule has 0 radical (unpaired) electrons. The maximum Gasteiger partial charge on any atom is 0.273 e. The van der Waals surface area contributed by atoms with Gasteiger partial charge in [0.1, 0.15) is 0 Å². The van der Waals surface area contributed by atoms with Crippen molar-refractivity contribution in [3.8, 4) is 0 Å². The minimum atomic E-state index is -3.67. The molecule has 3 N–H and O–H groups in total. The van der Waals surface area contributed by atoms with E-state index in [9.17, 15) is 18.5 Å². The van der Waals surface area contributed by atoms with E-state index in [0.29, 0.717) is 6.42 Å². The number of rotatable bonds is 9. The lowest BCUT2D eigenvalue weighted by Crippen LogP contribution is -2.40. The normalized spacial score (nSPS) is 13.0. The molecule has 0 fully saturated rings. The van der Waals surface area contributed by atoms with Crippen molar-refractivity contribution in [2.24, 2.45) is 5.73 Å². The van der Waals surface area contributed by atoms with Gasteiger partial charge in [-0.25, -0.2) is 13.1 Å². The highest BCUT2D eigenvalue weighted by Crippen LogP contribution is 2.20. The Kier molecular flexibility index (Phi) is 6.73. The van der Waals surface area contributed by atoms with Gasteiger partial charge in [-0.1, -0.05) is 38.0 Å². The Balaban J connectivity index is 2.83. The highest BCUT2D eigenvalue weighted by atomic mass is 32.2. The number of hydrogen-bond donors (Lipinski definition) is 2. The zero-order valence-electron chi connectivity index (χ0n) is 12.0. The van der Waals surface area contributed by atoms with E-state index in [1.54, 1.807) is 6.07 Å². The fourth-order valence-corrected chi connectivity index (χ4v) is 3.45. The van der Waals surface area contributed by atoms with Gasteiger partial charge in [0.05, 0.1) is 10.7 Å². The van der Waals surface area contributed by atoms with E-state index in [1.807, 2.05) is 6.92 Å². The molecule has 0 aliphatic heterocycles. The van der Waals surface area contributed by atoms with Crippen LogP contribution in [0.4, 0.5) is 5.69 Å². The largest absolute Gasteiger partial charge is 0.329 e. The van der Waals surface area contributed by atoms with Crippen LogP contribution in [0.3, 0.4) is 0 Å². The SMILES string of the molecule is CCCCC(CN)NS(=O)(=O)Cc1ccccc1[N+](=O)[O-]. The van der Waals surface area contributed by atoms with Crippen molar-refractivity contribution in [1.29, 1.82) is 0 Å². The molecule has 0 saturated heterocycles. The van der Waals surface area contributed by atoms with Gasteiger partial charge in [-0.15, -0.1) is 0 Å². The van der Waals surface area contributed by atoms with Crippen LogP contribution in [0.5, 0.6) is 0 Å². The number of benzene rings is 1. The quantitative estimate of drug-likeness (QED) is 0.529. The smallest absolute Gasteiger partial charge is 0.273 e. The van der Waals surface area contributed by atoms with Crippen molar-refractivity contribution in [2.45, 2.75) is 38.0 Å². The van der Waals surface area contributed by atoms with Crippen LogP contribution in [0, 0.1) is 10.1 Å². The minimum Gasteiger partial charge on any atom is -0.329 e. The van der Waals surface area contributed by atoms with Crippen LogP contribution in [0.1, 0.15) is 31.7 Å². The van der Waals surface area contributed by atoms with Crippen LogP contribution in [-0.2, 0) is 15.8 Å². The third-order valence-electron chi connectivity index (χ3n) is 3.07. The summed E-state index contributed by atoms with van der Waals surface area (Å²) in [5, 5.41) is 10.9. The first kappa shape index (κ1) is 17.5. The summed E-state index contributed by atoms with van der Waals surface area (Å²) in [4.78, 5) is 10.3. The summed E-state index contributed by atoms with van der Waals surface area (Å²) >= 11 is 0. The average Bonchev–Trinajstić information content (AvgIpc) is 2.43. The van der Waals surface area contributed by atoms with Gasteiger partial charge in [0, 0.05) is 24.2 Å². The monoisotopic (exact) mass is 315 g/mol. The number of hydrogen-bond acceptors (Lipinski definition) is 5. The lowest BCUT2D eigenvalue weighted by Gasteiger charge is -2.16. The van der Waals surface area contributed by atoms with E-state index in [1.165, 1.54) is 18.2 Å². The number of nitrogens with zero attached hydrogens (tertiary/aromatic N) is 1. The molecule has 7 nitrogen and oxygen atoms in total. The van der Waals surface area contributed by atoms with Crippen LogP contribution in [0.25, 0.3) is 0 Å². The molecular formula is C13H21N3O4S. The summed E-state index contributed by atoms with van der Waals surface area (Å²) in [5.41, 5.74) is 5.53. The predicted molar refractivity (Wildman–Crippen MR) is 81.2 cm³/mol. The number of nitrogens with one attached hydrogen (secondary N) is 1. The molecule has 0 amide bonds. The molecule has 118 valence electrons. The lowest BCUT2D eigenvalue weighted by molar-refractivity contribution is -0.385. The molecule has 21 heavy (non-hydrogen) atoms. The summed E-state index contributed by atoms with van der Waals surface area (Å²) in [6.45, 7) is 2.21. The molecule has 0 heterocycles. The molecule has 1 unspecified atom stereocenters. The lowest BCUT2D eigenvalue weighted by atomic mass is 10.1. The second-order valence-corrected chi connectivity index (χ2v) is 6.59. The van der Waals surface area contributed by atoms with Gasteiger partial charge in [0.2, 0.25) is 10.0 Å². The number of sulfonamides is 1. The fraction of sp³-hybridized carbons (Fsp3) is 0.538. The summed E-state index contributed by atoms with van der Waals surface area (Å²) in [6, 6.07) is 5.49. The summed E-state index contributed by atoms with van der Waals surface area (Å²) in [6.07, 6.45) is 2.47. The van der Waals surface area contributed by atoms with E-state index in [-0.39, 0.29) is 23.8 Å². The molecule has 1 aromatic rings. The Hall–Kier alpha value is -1.51. The van der Waals surface area contributed by atoms with Crippen LogP contribution >= 0.6 is 0 Å². The molecule has 0 bridgehead atoms. The maximum absolute atomic E-state index is 12.1. The Morgan fingerprint density at radius 2 is 2.05 bits per heavy atom. The van der Waals surface area contributed by atoms with E-state index in [0.717, 1.165) is 12.8 Å². The van der Waals surface area contributed by atoms with E-state index < -0.39 is 20.7 Å². The first-order valence-corrected chi connectivity index (χ1v) is 8.47. The Labute approximate surface area is 124 Å². The van der Waals surface area contributed by atoms with Gasteiger partial charge in [0.15, 0.2) is 0 Å². The Bertz CT molecular complexity index is 575. The minimum absolute atomic E-state index is 0.168. The molecule has 1 aromatic carbocycles. The van der Waals surface area contributed by atoms with Crippen molar-refractivity contribution in [1.82, 2.24) is 4.72 Å². The first-order valence-electron chi connectivity index (χ1n) is 6.82. The van der Waals surface area contributed by atoms with Crippen molar-refractivity contribution in [3.05, 3.63) is 39.9 Å². The summed E-state index contributed by atoms with van der Waals surface area (Å²) in [5.74, 6) is -0.424. The van der Waals surface area contributed by atoms with Crippen molar-refractivity contribution in [2.75, 3.05) is 6.54 Å². The second-order valence-electron chi connectivity index (χ2n) is 4.84. The van der Waals surface area contributed by atoms with Gasteiger partial charge in [0.25, 0.3) is 5.69 Å². The van der Waals surface area contributed by atoms with Gasteiger partial charge >= 0.3 is 0 Å². The Morgan fingerprint density at radius 3 is 2.62 bits per heavy atom. The fourth-order valence-electron chi connectivity index (χ4n) is 1.99. The summed E-state index contributed by atoms with van der Waals surface area (Å²) in [7, 11) is -3.67. The molecule has 0 aliphatic rings. The number of nitro benzene ring substituents is 1. The molecule has 1 rings (SSSR count). The molecule has 0 saturated carbocycles. The molecule has 0 aromatic heterocycles. The number of para-hydroxylation sites is 1. The average molecular weight is 315 g/mol. The first-order chi connectivity index (χ1) is 9.89. The molecule has 8 heteroatoms. The van der Waals surface area contributed by atoms with E-state index in [2.05, 4.69) is 4.72 Å². The third kappa shape index (κ3) is 5.78. The van der Waals surface area contributed by atoms with E-state index in [4.69, 9.17) is 5.73 Å². The second kappa shape index (κ2) is 8.06. The van der Waals surface area contributed by atoms with Crippen LogP contribution in [0.2, 0.25) is 0 Å². The van der Waals surface area contributed by atoms with Gasteiger partial charge in [-0.3, -0.25) is 10.1 Å². The molecule has 0 aliphatic carbocycles. The standard InChI is InChI=1S/C13H21N3O4S/c1-2-3-7-12(9-14)15-21(19,20)10-11-6-4-5-8-13(11)16(17)18/h4-6,8,12,15H,2-3,7,9-10,14H2,1H3.